The maximum Gasteiger partial charge on any atom is 0.144 e. The van der Waals surface area contributed by atoms with Gasteiger partial charge in [-0.15, -0.1) is 0 Å². The first-order valence-corrected chi connectivity index (χ1v) is 11.3. The van der Waals surface area contributed by atoms with Crippen molar-refractivity contribution in [1.82, 2.24) is 18.9 Å². The molecular formula is C26H24N4S. The topological polar surface area (TPSA) is 43.6 Å². The molecule has 0 saturated carbocycles. The third-order valence-electron chi connectivity index (χ3n) is 5.68. The van der Waals surface area contributed by atoms with E-state index >= 15 is 0 Å². The Morgan fingerprint density at radius 3 is 2.35 bits per heavy atom. The molecule has 0 aliphatic rings. The number of nitrogens with zero attached hydrogens (tertiary/aromatic N) is 4. The minimum atomic E-state index is 0.808. The summed E-state index contributed by atoms with van der Waals surface area (Å²) >= 11 is 1.43. The highest BCUT2D eigenvalue weighted by atomic mass is 32.1. The Balaban J connectivity index is 1.70. The summed E-state index contributed by atoms with van der Waals surface area (Å²) in [6, 6.07) is 21.6. The first kappa shape index (κ1) is 19.6. The molecule has 0 aliphatic heterocycles. The summed E-state index contributed by atoms with van der Waals surface area (Å²) in [4.78, 5) is 9.64. The Morgan fingerprint density at radius 2 is 1.65 bits per heavy atom. The van der Waals surface area contributed by atoms with Crippen molar-refractivity contribution in [3.05, 3.63) is 77.6 Å². The van der Waals surface area contributed by atoms with E-state index in [0.717, 1.165) is 45.4 Å². The van der Waals surface area contributed by atoms with Crippen LogP contribution >= 0.6 is 11.5 Å². The molecule has 0 atom stereocenters. The summed E-state index contributed by atoms with van der Waals surface area (Å²) in [5.74, 6) is 1.81. The minimum absolute atomic E-state index is 0.808. The van der Waals surface area contributed by atoms with E-state index in [4.69, 9.17) is 4.98 Å². The summed E-state index contributed by atoms with van der Waals surface area (Å²) in [7, 11) is 0. The number of rotatable bonds is 4. The van der Waals surface area contributed by atoms with E-state index in [1.807, 2.05) is 6.92 Å². The number of hydrogen-bond donors (Lipinski definition) is 0. The van der Waals surface area contributed by atoms with Crippen molar-refractivity contribution in [2.45, 2.75) is 34.2 Å². The Hall–Kier alpha value is -3.31. The lowest BCUT2D eigenvalue weighted by atomic mass is 9.94. The Kier molecular flexibility index (Phi) is 4.91. The van der Waals surface area contributed by atoms with Gasteiger partial charge in [0.15, 0.2) is 0 Å². The van der Waals surface area contributed by atoms with E-state index in [0.29, 0.717) is 0 Å². The highest BCUT2D eigenvalue weighted by Crippen LogP contribution is 2.36. The lowest BCUT2D eigenvalue weighted by Gasteiger charge is -2.14. The van der Waals surface area contributed by atoms with Crippen LogP contribution in [0.2, 0.25) is 0 Å². The van der Waals surface area contributed by atoms with Crippen LogP contribution in [0.3, 0.4) is 0 Å². The lowest BCUT2D eigenvalue weighted by molar-refractivity contribution is 0.796. The van der Waals surface area contributed by atoms with E-state index in [9.17, 15) is 0 Å². The molecule has 0 aliphatic carbocycles. The number of aromatic nitrogens is 4. The maximum absolute atomic E-state index is 5.10. The lowest BCUT2D eigenvalue weighted by Crippen LogP contribution is -1.99. The largest absolute Gasteiger partial charge is 0.324 e. The van der Waals surface area contributed by atoms with E-state index < -0.39 is 0 Å². The van der Waals surface area contributed by atoms with Crippen molar-refractivity contribution >= 4 is 22.6 Å². The third-order valence-corrected chi connectivity index (χ3v) is 6.53. The van der Waals surface area contributed by atoms with Crippen LogP contribution in [-0.2, 0) is 6.54 Å². The molecular weight excluding hydrogens is 400 g/mol. The maximum atomic E-state index is 5.10. The molecule has 0 N–H and O–H groups in total. The predicted molar refractivity (Wildman–Crippen MR) is 129 cm³/mol. The van der Waals surface area contributed by atoms with Gasteiger partial charge in [-0.25, -0.2) is 9.97 Å². The molecule has 2 heterocycles. The van der Waals surface area contributed by atoms with Crippen LogP contribution in [0.15, 0.2) is 60.7 Å². The van der Waals surface area contributed by atoms with Crippen LogP contribution in [-0.4, -0.2) is 18.9 Å². The van der Waals surface area contributed by atoms with Crippen molar-refractivity contribution in [2.24, 2.45) is 0 Å². The van der Waals surface area contributed by atoms with Crippen molar-refractivity contribution in [3.63, 3.8) is 0 Å². The zero-order valence-electron chi connectivity index (χ0n) is 18.2. The zero-order chi connectivity index (χ0) is 21.5. The number of aryl methyl sites for hydroxylation is 4. The smallest absolute Gasteiger partial charge is 0.144 e. The second-order valence-electron chi connectivity index (χ2n) is 7.89. The second kappa shape index (κ2) is 7.75. The van der Waals surface area contributed by atoms with Gasteiger partial charge in [-0.3, -0.25) is 0 Å². The van der Waals surface area contributed by atoms with Crippen LogP contribution < -0.4 is 0 Å². The Labute approximate surface area is 186 Å². The number of fused-ring (bicyclic) bond motifs is 1. The number of hydrogen-bond acceptors (Lipinski definition) is 4. The monoisotopic (exact) mass is 424 g/mol. The van der Waals surface area contributed by atoms with Crippen molar-refractivity contribution < 1.29 is 0 Å². The first-order chi connectivity index (χ1) is 15.0. The SMILES string of the molecule is CCn1c(-c2ccccc2-c2ccc(C)cc2C)nc2cc(-c3nc(C)ns3)ccc21. The predicted octanol–water partition coefficient (Wildman–Crippen LogP) is 6.83. The standard InChI is InChI=1S/C26H24N4S/c1-5-30-24-13-11-19(26-27-18(4)29-31-26)15-23(24)28-25(30)22-9-7-6-8-21(22)20-12-10-16(2)14-17(20)3/h6-15H,5H2,1-4H3. The highest BCUT2D eigenvalue weighted by Gasteiger charge is 2.17. The molecule has 3 aromatic carbocycles. The van der Waals surface area contributed by atoms with Gasteiger partial charge in [-0.05, 0) is 74.1 Å². The van der Waals surface area contributed by atoms with Gasteiger partial charge in [-0.1, -0.05) is 48.0 Å². The van der Waals surface area contributed by atoms with Gasteiger partial charge in [0.25, 0.3) is 0 Å². The summed E-state index contributed by atoms with van der Waals surface area (Å²) in [6.07, 6.45) is 0. The molecule has 0 fully saturated rings. The fraction of sp³-hybridized carbons (Fsp3) is 0.192. The van der Waals surface area contributed by atoms with Crippen LogP contribution in [0.25, 0.3) is 44.1 Å². The fourth-order valence-corrected chi connectivity index (χ4v) is 4.90. The van der Waals surface area contributed by atoms with Gasteiger partial charge in [0, 0.05) is 17.7 Å². The summed E-state index contributed by atoms with van der Waals surface area (Å²) in [5, 5.41) is 0.933. The van der Waals surface area contributed by atoms with Crippen LogP contribution in [0, 0.1) is 20.8 Å². The van der Waals surface area contributed by atoms with E-state index in [1.54, 1.807) is 0 Å². The van der Waals surface area contributed by atoms with Crippen molar-refractivity contribution in [2.75, 3.05) is 0 Å². The average molecular weight is 425 g/mol. The number of benzene rings is 3. The summed E-state index contributed by atoms with van der Waals surface area (Å²) in [6.45, 7) is 9.26. The molecule has 4 nitrogen and oxygen atoms in total. The first-order valence-electron chi connectivity index (χ1n) is 10.5. The average Bonchev–Trinajstić information content (AvgIpc) is 3.36. The molecule has 5 rings (SSSR count). The van der Waals surface area contributed by atoms with Crippen molar-refractivity contribution in [3.8, 4) is 33.1 Å². The van der Waals surface area contributed by atoms with Crippen LogP contribution in [0.4, 0.5) is 0 Å². The van der Waals surface area contributed by atoms with Gasteiger partial charge < -0.3 is 4.57 Å². The summed E-state index contributed by atoms with van der Waals surface area (Å²) in [5.41, 5.74) is 9.36. The van der Waals surface area contributed by atoms with Crippen molar-refractivity contribution in [1.29, 1.82) is 0 Å². The normalized spacial score (nSPS) is 11.4. The van der Waals surface area contributed by atoms with E-state index in [-0.39, 0.29) is 0 Å². The van der Waals surface area contributed by atoms with Crippen LogP contribution in [0.1, 0.15) is 23.9 Å². The van der Waals surface area contributed by atoms with Gasteiger partial charge in [0.05, 0.1) is 11.0 Å². The van der Waals surface area contributed by atoms with E-state index in [2.05, 4.69) is 95.4 Å². The van der Waals surface area contributed by atoms with Gasteiger partial charge >= 0.3 is 0 Å². The molecule has 2 aromatic heterocycles. The third kappa shape index (κ3) is 3.45. The van der Waals surface area contributed by atoms with Gasteiger partial charge in [-0.2, -0.15) is 4.37 Å². The minimum Gasteiger partial charge on any atom is -0.324 e. The quantitative estimate of drug-likeness (QED) is 0.317. The van der Waals surface area contributed by atoms with Gasteiger partial charge in [0.1, 0.15) is 16.7 Å². The Morgan fingerprint density at radius 1 is 0.839 bits per heavy atom. The van der Waals surface area contributed by atoms with E-state index in [1.165, 1.54) is 33.8 Å². The molecule has 5 heteroatoms. The zero-order valence-corrected chi connectivity index (χ0v) is 19.0. The molecule has 31 heavy (non-hydrogen) atoms. The molecule has 0 amide bonds. The Bertz CT molecular complexity index is 1410. The summed E-state index contributed by atoms with van der Waals surface area (Å²) < 4.78 is 6.62. The number of imidazole rings is 1. The molecule has 0 unspecified atom stereocenters. The second-order valence-corrected chi connectivity index (χ2v) is 8.65. The molecule has 0 bridgehead atoms. The molecule has 0 saturated heterocycles. The molecule has 154 valence electrons. The molecule has 0 spiro atoms. The molecule has 5 aromatic rings. The van der Waals surface area contributed by atoms with Crippen LogP contribution in [0.5, 0.6) is 0 Å². The fourth-order valence-electron chi connectivity index (χ4n) is 4.23. The van der Waals surface area contributed by atoms with Gasteiger partial charge in [0.2, 0.25) is 0 Å². The molecule has 0 radical (unpaired) electrons. The highest BCUT2D eigenvalue weighted by molar-refractivity contribution is 7.09.